The van der Waals surface area contributed by atoms with Gasteiger partial charge in [0.05, 0.1) is 5.52 Å². The average Bonchev–Trinajstić information content (AvgIpc) is 2.53. The second kappa shape index (κ2) is 6.39. The van der Waals surface area contributed by atoms with Crippen LogP contribution in [0, 0.1) is 3.57 Å². The van der Waals surface area contributed by atoms with E-state index in [9.17, 15) is 0 Å². The van der Waals surface area contributed by atoms with Crippen LogP contribution in [0.3, 0.4) is 0 Å². The number of aromatic nitrogens is 2. The van der Waals surface area contributed by atoms with Crippen molar-refractivity contribution < 1.29 is 0 Å². The number of rotatable bonds is 4. The topological polar surface area (TPSA) is 29.0 Å². The molecule has 3 rings (SSSR count). The molecule has 0 bridgehead atoms. The highest BCUT2D eigenvalue weighted by Gasteiger charge is 2.11. The normalized spacial score (nSPS) is 10.8. The Morgan fingerprint density at radius 1 is 1.05 bits per heavy atom. The van der Waals surface area contributed by atoms with Crippen LogP contribution in [-0.4, -0.2) is 16.5 Å². The minimum absolute atomic E-state index is 0.856. The van der Waals surface area contributed by atoms with E-state index < -0.39 is 0 Å². The van der Waals surface area contributed by atoms with Crippen molar-refractivity contribution in [2.24, 2.45) is 0 Å². The molecule has 0 radical (unpaired) electrons. The number of hydrogen-bond donors (Lipinski definition) is 0. The number of nitrogens with zero attached hydrogens (tertiary/aromatic N) is 3. The Hall–Kier alpha value is -1.69. The van der Waals surface area contributed by atoms with Crippen LogP contribution in [0.25, 0.3) is 10.9 Å². The fourth-order valence-corrected chi connectivity index (χ4v) is 2.90. The van der Waals surface area contributed by atoms with Crippen LogP contribution in [-0.2, 0) is 6.54 Å². The summed E-state index contributed by atoms with van der Waals surface area (Å²) in [7, 11) is 0. The molecular weight excluding hydrogens is 373 g/mol. The number of fused-ring (bicyclic) bond motifs is 1. The maximum Gasteiger partial charge on any atom is 0.140 e. The molecule has 1 aromatic heterocycles. The van der Waals surface area contributed by atoms with Gasteiger partial charge in [-0.1, -0.05) is 30.3 Å². The van der Waals surface area contributed by atoms with Gasteiger partial charge in [-0.25, -0.2) is 9.97 Å². The maximum absolute atomic E-state index is 4.53. The molecule has 0 fully saturated rings. The van der Waals surface area contributed by atoms with Crippen LogP contribution in [0.5, 0.6) is 0 Å². The summed E-state index contributed by atoms with van der Waals surface area (Å²) in [4.78, 5) is 11.2. The van der Waals surface area contributed by atoms with E-state index in [1.807, 2.05) is 6.07 Å². The van der Waals surface area contributed by atoms with Crippen molar-refractivity contribution in [3.8, 4) is 0 Å². The third kappa shape index (κ3) is 3.15. The van der Waals surface area contributed by atoms with Crippen LogP contribution in [0.1, 0.15) is 12.5 Å². The van der Waals surface area contributed by atoms with Crippen molar-refractivity contribution in [3.63, 3.8) is 0 Å². The third-order valence-electron chi connectivity index (χ3n) is 3.47. The molecule has 0 atom stereocenters. The summed E-state index contributed by atoms with van der Waals surface area (Å²) >= 11 is 2.33. The predicted octanol–water partition coefficient (Wildman–Crippen LogP) is 4.26. The van der Waals surface area contributed by atoms with Gasteiger partial charge in [0, 0.05) is 22.0 Å². The molecular formula is C17H16IN3. The van der Waals surface area contributed by atoms with Gasteiger partial charge in [0.2, 0.25) is 0 Å². The molecule has 2 aromatic carbocycles. The fraction of sp³-hybridized carbons (Fsp3) is 0.176. The lowest BCUT2D eigenvalue weighted by atomic mass is 10.2. The molecule has 0 amide bonds. The number of halogens is 1. The molecule has 1 heterocycles. The summed E-state index contributed by atoms with van der Waals surface area (Å²) in [5, 5.41) is 1.11. The summed E-state index contributed by atoms with van der Waals surface area (Å²) < 4.78 is 1.20. The fourth-order valence-electron chi connectivity index (χ4n) is 2.41. The van der Waals surface area contributed by atoms with Gasteiger partial charge in [0.25, 0.3) is 0 Å². The Bertz CT molecular complexity index is 743. The molecule has 21 heavy (non-hydrogen) atoms. The zero-order chi connectivity index (χ0) is 14.7. The predicted molar refractivity (Wildman–Crippen MR) is 95.4 cm³/mol. The molecule has 0 N–H and O–H groups in total. The Morgan fingerprint density at radius 2 is 1.86 bits per heavy atom. The molecule has 0 aliphatic carbocycles. The highest BCUT2D eigenvalue weighted by Crippen LogP contribution is 2.25. The molecule has 0 saturated carbocycles. The first-order valence-corrected chi connectivity index (χ1v) is 8.05. The molecule has 0 unspecified atom stereocenters. The van der Waals surface area contributed by atoms with Gasteiger partial charge in [-0.15, -0.1) is 0 Å². The Labute approximate surface area is 138 Å². The first-order valence-electron chi connectivity index (χ1n) is 6.97. The van der Waals surface area contributed by atoms with Gasteiger partial charge in [-0.2, -0.15) is 0 Å². The van der Waals surface area contributed by atoms with Gasteiger partial charge in [-0.05, 0) is 53.3 Å². The summed E-state index contributed by atoms with van der Waals surface area (Å²) in [5.74, 6) is 1.00. The van der Waals surface area contributed by atoms with Crippen molar-refractivity contribution >= 4 is 39.3 Å². The first kappa shape index (κ1) is 14.3. The lowest BCUT2D eigenvalue weighted by molar-refractivity contribution is 0.816. The van der Waals surface area contributed by atoms with E-state index in [1.54, 1.807) is 6.33 Å². The molecule has 106 valence electrons. The molecule has 4 heteroatoms. The highest BCUT2D eigenvalue weighted by molar-refractivity contribution is 14.1. The quantitative estimate of drug-likeness (QED) is 0.625. The zero-order valence-corrected chi connectivity index (χ0v) is 14.0. The second-order valence-electron chi connectivity index (χ2n) is 4.86. The van der Waals surface area contributed by atoms with Crippen molar-refractivity contribution in [1.29, 1.82) is 0 Å². The maximum atomic E-state index is 4.53. The number of anilines is 1. The first-order chi connectivity index (χ1) is 10.3. The molecule has 0 saturated heterocycles. The summed E-state index contributed by atoms with van der Waals surface area (Å²) in [6.07, 6.45) is 1.65. The van der Waals surface area contributed by atoms with Crippen LogP contribution >= 0.6 is 22.6 Å². The van der Waals surface area contributed by atoms with Gasteiger partial charge >= 0.3 is 0 Å². The van der Waals surface area contributed by atoms with Crippen LogP contribution < -0.4 is 4.90 Å². The SMILES string of the molecule is CCN(Cc1ccccc1)c1ncnc2ccc(I)cc12. The number of benzene rings is 2. The van der Waals surface area contributed by atoms with Crippen molar-refractivity contribution in [2.75, 3.05) is 11.4 Å². The van der Waals surface area contributed by atoms with E-state index in [0.717, 1.165) is 29.8 Å². The van der Waals surface area contributed by atoms with E-state index in [2.05, 4.69) is 86.8 Å². The zero-order valence-electron chi connectivity index (χ0n) is 11.8. The number of hydrogen-bond acceptors (Lipinski definition) is 3. The second-order valence-corrected chi connectivity index (χ2v) is 6.10. The summed E-state index contributed by atoms with van der Waals surface area (Å²) in [6, 6.07) is 16.8. The monoisotopic (exact) mass is 389 g/mol. The average molecular weight is 389 g/mol. The van der Waals surface area contributed by atoms with E-state index in [4.69, 9.17) is 0 Å². The molecule has 3 nitrogen and oxygen atoms in total. The van der Waals surface area contributed by atoms with Gasteiger partial charge in [0.1, 0.15) is 12.1 Å². The molecule has 0 spiro atoms. The van der Waals surface area contributed by atoms with Crippen LogP contribution in [0.2, 0.25) is 0 Å². The smallest absolute Gasteiger partial charge is 0.140 e. The Morgan fingerprint density at radius 3 is 2.62 bits per heavy atom. The lowest BCUT2D eigenvalue weighted by Gasteiger charge is -2.23. The van der Waals surface area contributed by atoms with Crippen LogP contribution in [0.4, 0.5) is 5.82 Å². The van der Waals surface area contributed by atoms with E-state index in [0.29, 0.717) is 0 Å². The minimum Gasteiger partial charge on any atom is -0.352 e. The highest BCUT2D eigenvalue weighted by atomic mass is 127. The third-order valence-corrected chi connectivity index (χ3v) is 4.14. The van der Waals surface area contributed by atoms with E-state index in [-0.39, 0.29) is 0 Å². The van der Waals surface area contributed by atoms with Gasteiger partial charge in [-0.3, -0.25) is 0 Å². The minimum atomic E-state index is 0.856. The summed E-state index contributed by atoms with van der Waals surface area (Å²) in [5.41, 5.74) is 2.28. The molecule has 0 aliphatic rings. The van der Waals surface area contributed by atoms with Crippen LogP contribution in [0.15, 0.2) is 54.9 Å². The van der Waals surface area contributed by atoms with Gasteiger partial charge in [0.15, 0.2) is 0 Å². The van der Waals surface area contributed by atoms with E-state index >= 15 is 0 Å². The Kier molecular flexibility index (Phi) is 4.34. The molecule has 0 aliphatic heterocycles. The molecule has 3 aromatic rings. The summed E-state index contributed by atoms with van der Waals surface area (Å²) in [6.45, 7) is 3.92. The largest absolute Gasteiger partial charge is 0.352 e. The van der Waals surface area contributed by atoms with Crippen molar-refractivity contribution in [2.45, 2.75) is 13.5 Å². The lowest BCUT2D eigenvalue weighted by Crippen LogP contribution is -2.23. The van der Waals surface area contributed by atoms with E-state index in [1.165, 1.54) is 9.13 Å². The standard InChI is InChI=1S/C17H16IN3/c1-2-21(11-13-6-4-3-5-7-13)17-15-10-14(18)8-9-16(15)19-12-20-17/h3-10,12H,2,11H2,1H3. The van der Waals surface area contributed by atoms with Crippen molar-refractivity contribution in [3.05, 3.63) is 64.0 Å². The van der Waals surface area contributed by atoms with Crippen molar-refractivity contribution in [1.82, 2.24) is 9.97 Å². The van der Waals surface area contributed by atoms with Gasteiger partial charge < -0.3 is 4.90 Å². The Balaban J connectivity index is 2.02.